The first-order chi connectivity index (χ1) is 7.72. The molecule has 1 heterocycles. The van der Waals surface area contributed by atoms with Crippen LogP contribution in [0.3, 0.4) is 0 Å². The van der Waals surface area contributed by atoms with Crippen LogP contribution in [0.5, 0.6) is 0 Å². The van der Waals surface area contributed by atoms with Crippen LogP contribution in [-0.4, -0.2) is 21.5 Å². The summed E-state index contributed by atoms with van der Waals surface area (Å²) < 4.78 is 1.96. The van der Waals surface area contributed by atoms with Crippen molar-refractivity contribution in [3.05, 3.63) is 11.9 Å². The maximum absolute atomic E-state index is 5.44. The van der Waals surface area contributed by atoms with E-state index in [4.69, 9.17) is 5.73 Å². The molecule has 0 aliphatic rings. The highest BCUT2D eigenvalue weighted by molar-refractivity contribution is 4.92. The van der Waals surface area contributed by atoms with E-state index in [1.54, 1.807) is 0 Å². The number of nitrogens with zero attached hydrogens (tertiary/aromatic N) is 3. The first-order valence-electron chi connectivity index (χ1n) is 6.31. The van der Waals surface area contributed by atoms with Gasteiger partial charge in [-0.3, -0.25) is 4.68 Å². The van der Waals surface area contributed by atoms with Gasteiger partial charge in [0.25, 0.3) is 0 Å². The van der Waals surface area contributed by atoms with Crippen molar-refractivity contribution in [2.45, 2.75) is 52.5 Å². The van der Waals surface area contributed by atoms with Gasteiger partial charge in [-0.25, -0.2) is 0 Å². The average Bonchev–Trinajstić information content (AvgIpc) is 2.64. The maximum atomic E-state index is 5.44. The molecule has 0 aromatic carbocycles. The molecule has 0 amide bonds. The Morgan fingerprint density at radius 2 is 2.00 bits per heavy atom. The minimum Gasteiger partial charge on any atom is -0.330 e. The molecule has 1 rings (SSSR count). The number of nitrogens with two attached hydrogens (primary N) is 1. The molecule has 0 unspecified atom stereocenters. The predicted molar refractivity (Wildman–Crippen MR) is 66.1 cm³/mol. The zero-order valence-electron chi connectivity index (χ0n) is 10.5. The van der Waals surface area contributed by atoms with Crippen LogP contribution in [0.1, 0.15) is 45.2 Å². The van der Waals surface area contributed by atoms with Gasteiger partial charge in [0.15, 0.2) is 0 Å². The van der Waals surface area contributed by atoms with Crippen LogP contribution in [-0.2, 0) is 13.0 Å². The number of unbranched alkanes of at least 4 members (excludes halogenated alkanes) is 3. The average molecular weight is 224 g/mol. The standard InChI is InChI=1S/C12H24N4/c1-11(2)9-12-10-16(15-14-12)8-6-4-3-5-7-13/h10-11H,3-9,13H2,1-2H3. The lowest BCUT2D eigenvalue weighted by Gasteiger charge is -2.00. The van der Waals surface area contributed by atoms with Crippen molar-refractivity contribution < 1.29 is 0 Å². The quantitative estimate of drug-likeness (QED) is 0.687. The Bertz CT molecular complexity index is 280. The summed E-state index contributed by atoms with van der Waals surface area (Å²) in [5.74, 6) is 0.648. The molecule has 4 nitrogen and oxygen atoms in total. The van der Waals surface area contributed by atoms with Gasteiger partial charge in [-0.05, 0) is 31.7 Å². The lowest BCUT2D eigenvalue weighted by Crippen LogP contribution is -2.01. The van der Waals surface area contributed by atoms with Crippen LogP contribution in [0, 0.1) is 5.92 Å². The predicted octanol–water partition coefficient (Wildman–Crippen LogP) is 2.00. The molecule has 2 N–H and O–H groups in total. The molecule has 0 saturated carbocycles. The Kier molecular flexibility index (Phi) is 6.08. The van der Waals surface area contributed by atoms with Gasteiger partial charge in [-0.15, -0.1) is 5.10 Å². The van der Waals surface area contributed by atoms with Crippen LogP contribution in [0.4, 0.5) is 0 Å². The van der Waals surface area contributed by atoms with Crippen molar-refractivity contribution >= 4 is 0 Å². The molecule has 0 fully saturated rings. The number of aryl methyl sites for hydroxylation is 1. The lowest BCUT2D eigenvalue weighted by molar-refractivity contribution is 0.524. The van der Waals surface area contributed by atoms with Crippen LogP contribution in [0.25, 0.3) is 0 Å². The van der Waals surface area contributed by atoms with E-state index in [1.165, 1.54) is 19.3 Å². The highest BCUT2D eigenvalue weighted by Crippen LogP contribution is 2.05. The van der Waals surface area contributed by atoms with Crippen LogP contribution in [0.15, 0.2) is 6.20 Å². The molecule has 16 heavy (non-hydrogen) atoms. The zero-order valence-corrected chi connectivity index (χ0v) is 10.5. The van der Waals surface area contributed by atoms with Crippen LogP contribution >= 0.6 is 0 Å². The third-order valence-electron chi connectivity index (χ3n) is 2.54. The molecule has 0 saturated heterocycles. The fraction of sp³-hybridized carbons (Fsp3) is 0.833. The smallest absolute Gasteiger partial charge is 0.0829 e. The summed E-state index contributed by atoms with van der Waals surface area (Å²) in [7, 11) is 0. The molecular formula is C12H24N4. The topological polar surface area (TPSA) is 56.7 Å². The third kappa shape index (κ3) is 5.26. The first-order valence-corrected chi connectivity index (χ1v) is 6.31. The summed E-state index contributed by atoms with van der Waals surface area (Å²) in [5, 5.41) is 8.29. The van der Waals surface area contributed by atoms with Gasteiger partial charge in [0.05, 0.1) is 5.69 Å². The fourth-order valence-electron chi connectivity index (χ4n) is 1.73. The van der Waals surface area contributed by atoms with Gasteiger partial charge < -0.3 is 5.73 Å². The van der Waals surface area contributed by atoms with Gasteiger partial charge in [0, 0.05) is 12.7 Å². The van der Waals surface area contributed by atoms with E-state index in [2.05, 4.69) is 30.4 Å². The van der Waals surface area contributed by atoms with E-state index < -0.39 is 0 Å². The number of hydrogen-bond donors (Lipinski definition) is 1. The Hall–Kier alpha value is -0.900. The van der Waals surface area contributed by atoms with Crippen molar-refractivity contribution in [3.8, 4) is 0 Å². The molecule has 92 valence electrons. The highest BCUT2D eigenvalue weighted by Gasteiger charge is 2.02. The molecule has 1 aromatic heterocycles. The first kappa shape index (κ1) is 13.2. The Balaban J connectivity index is 2.19. The largest absolute Gasteiger partial charge is 0.330 e. The van der Waals surface area contributed by atoms with Crippen molar-refractivity contribution in [2.24, 2.45) is 11.7 Å². The van der Waals surface area contributed by atoms with Gasteiger partial charge in [0.2, 0.25) is 0 Å². The molecule has 0 aliphatic carbocycles. The summed E-state index contributed by atoms with van der Waals surface area (Å²) in [5.41, 5.74) is 6.55. The Morgan fingerprint density at radius 3 is 2.69 bits per heavy atom. The van der Waals surface area contributed by atoms with Gasteiger partial charge in [0.1, 0.15) is 0 Å². The van der Waals surface area contributed by atoms with E-state index >= 15 is 0 Å². The van der Waals surface area contributed by atoms with Gasteiger partial charge >= 0.3 is 0 Å². The summed E-state index contributed by atoms with van der Waals surface area (Å²) in [6.45, 7) is 6.19. The minimum absolute atomic E-state index is 0.648. The Labute approximate surface area is 98.2 Å². The Morgan fingerprint density at radius 1 is 1.25 bits per heavy atom. The summed E-state index contributed by atoms with van der Waals surface area (Å²) in [6, 6.07) is 0. The zero-order chi connectivity index (χ0) is 11.8. The van der Waals surface area contributed by atoms with Gasteiger partial charge in [-0.1, -0.05) is 31.9 Å². The minimum atomic E-state index is 0.648. The fourth-order valence-corrected chi connectivity index (χ4v) is 1.73. The van der Waals surface area contributed by atoms with Gasteiger partial charge in [-0.2, -0.15) is 0 Å². The second-order valence-corrected chi connectivity index (χ2v) is 4.77. The molecule has 0 bridgehead atoms. The van der Waals surface area contributed by atoms with E-state index in [-0.39, 0.29) is 0 Å². The molecule has 0 spiro atoms. The highest BCUT2D eigenvalue weighted by atomic mass is 15.4. The summed E-state index contributed by atoms with van der Waals surface area (Å²) in [6.07, 6.45) is 7.86. The van der Waals surface area contributed by atoms with Crippen LogP contribution < -0.4 is 5.73 Å². The van der Waals surface area contributed by atoms with Crippen molar-refractivity contribution in [1.29, 1.82) is 0 Å². The normalized spacial score (nSPS) is 11.2. The molecule has 0 atom stereocenters. The monoisotopic (exact) mass is 224 g/mol. The van der Waals surface area contributed by atoms with E-state index in [9.17, 15) is 0 Å². The van der Waals surface area contributed by atoms with E-state index in [0.717, 1.165) is 31.6 Å². The molecular weight excluding hydrogens is 200 g/mol. The lowest BCUT2D eigenvalue weighted by atomic mass is 10.1. The second kappa shape index (κ2) is 7.39. The molecule has 0 radical (unpaired) electrons. The van der Waals surface area contributed by atoms with Crippen molar-refractivity contribution in [3.63, 3.8) is 0 Å². The van der Waals surface area contributed by atoms with Crippen LogP contribution in [0.2, 0.25) is 0 Å². The number of aromatic nitrogens is 3. The van der Waals surface area contributed by atoms with E-state index in [1.807, 2.05) is 4.68 Å². The third-order valence-corrected chi connectivity index (χ3v) is 2.54. The summed E-state index contributed by atoms with van der Waals surface area (Å²) in [4.78, 5) is 0. The SMILES string of the molecule is CC(C)Cc1cn(CCCCCCN)nn1. The second-order valence-electron chi connectivity index (χ2n) is 4.77. The molecule has 0 aliphatic heterocycles. The molecule has 4 heteroatoms. The maximum Gasteiger partial charge on any atom is 0.0829 e. The number of rotatable bonds is 8. The number of hydrogen-bond acceptors (Lipinski definition) is 3. The van der Waals surface area contributed by atoms with Crippen molar-refractivity contribution in [1.82, 2.24) is 15.0 Å². The van der Waals surface area contributed by atoms with Crippen molar-refractivity contribution in [2.75, 3.05) is 6.54 Å². The molecule has 1 aromatic rings. The summed E-state index contributed by atoms with van der Waals surface area (Å²) >= 11 is 0. The van der Waals surface area contributed by atoms with E-state index in [0.29, 0.717) is 5.92 Å².